The second-order valence-corrected chi connectivity index (χ2v) is 3.70. The third-order valence-electron chi connectivity index (χ3n) is 2.51. The van der Waals surface area contributed by atoms with E-state index >= 15 is 0 Å². The van der Waals surface area contributed by atoms with E-state index in [1.807, 2.05) is 6.07 Å². The van der Waals surface area contributed by atoms with Crippen LogP contribution in [0.15, 0.2) is 30.3 Å². The van der Waals surface area contributed by atoms with Crippen molar-refractivity contribution >= 4 is 11.9 Å². The van der Waals surface area contributed by atoms with Gasteiger partial charge in [-0.15, -0.1) is 0 Å². The van der Waals surface area contributed by atoms with Gasteiger partial charge in [0.05, 0.1) is 0 Å². The van der Waals surface area contributed by atoms with Crippen molar-refractivity contribution in [2.45, 2.75) is 6.42 Å². The second kappa shape index (κ2) is 4.70. The van der Waals surface area contributed by atoms with Crippen LogP contribution in [0, 0.1) is 0 Å². The van der Waals surface area contributed by atoms with Crippen molar-refractivity contribution < 1.29 is 19.8 Å². The summed E-state index contributed by atoms with van der Waals surface area (Å²) in [4.78, 5) is 22.0. The van der Waals surface area contributed by atoms with Gasteiger partial charge in [-0.1, -0.05) is 30.3 Å². The maximum absolute atomic E-state index is 11.0. The van der Waals surface area contributed by atoms with Gasteiger partial charge in [0.2, 0.25) is 0 Å². The Morgan fingerprint density at radius 3 is 2.33 bits per heavy atom. The molecule has 0 aliphatic carbocycles. The summed E-state index contributed by atoms with van der Waals surface area (Å²) in [5, 5.41) is 23.7. The van der Waals surface area contributed by atoms with Crippen LogP contribution in [0.4, 0.5) is 0 Å². The van der Waals surface area contributed by atoms with E-state index in [4.69, 9.17) is 10.2 Å². The number of carboxylic acids is 2. The molecule has 0 aliphatic rings. The monoisotopic (exact) mass is 246 g/mol. The number of hydrogen-bond acceptors (Lipinski definition) is 3. The topological polar surface area (TPSA) is 103 Å². The Balaban J connectivity index is 2.44. The van der Waals surface area contributed by atoms with Gasteiger partial charge in [-0.05, 0) is 5.56 Å². The summed E-state index contributed by atoms with van der Waals surface area (Å²) in [6, 6.07) is 9.02. The molecule has 2 rings (SSSR count). The first-order valence-electron chi connectivity index (χ1n) is 5.17. The number of benzene rings is 1. The minimum atomic E-state index is -1.25. The van der Waals surface area contributed by atoms with Crippen LogP contribution in [-0.2, 0) is 6.42 Å². The highest BCUT2D eigenvalue weighted by Gasteiger charge is 2.22. The molecule has 6 nitrogen and oxygen atoms in total. The number of hydrogen-bond donors (Lipinski definition) is 3. The zero-order chi connectivity index (χ0) is 13.1. The first-order valence-corrected chi connectivity index (χ1v) is 5.17. The Labute approximate surface area is 102 Å². The lowest BCUT2D eigenvalue weighted by atomic mass is 10.0. The third kappa shape index (κ3) is 2.22. The molecule has 0 bridgehead atoms. The fraction of sp³-hybridized carbons (Fsp3) is 0.0833. The molecule has 1 heterocycles. The van der Waals surface area contributed by atoms with Gasteiger partial charge in [0, 0.05) is 12.0 Å². The highest BCUT2D eigenvalue weighted by Crippen LogP contribution is 2.17. The van der Waals surface area contributed by atoms with Gasteiger partial charge in [-0.25, -0.2) is 9.59 Å². The Morgan fingerprint density at radius 2 is 1.78 bits per heavy atom. The number of carbonyl (C=O) groups is 2. The lowest BCUT2D eigenvalue weighted by Gasteiger charge is -2.01. The van der Waals surface area contributed by atoms with E-state index in [9.17, 15) is 9.59 Å². The summed E-state index contributed by atoms with van der Waals surface area (Å²) < 4.78 is 0. The summed E-state index contributed by atoms with van der Waals surface area (Å²) >= 11 is 0. The van der Waals surface area contributed by atoms with Crippen LogP contribution >= 0.6 is 0 Å². The largest absolute Gasteiger partial charge is 0.477 e. The number of nitrogens with zero attached hydrogens (tertiary/aromatic N) is 1. The average molecular weight is 246 g/mol. The molecule has 1 aromatic heterocycles. The van der Waals surface area contributed by atoms with E-state index in [1.54, 1.807) is 24.3 Å². The first-order chi connectivity index (χ1) is 8.59. The Morgan fingerprint density at radius 1 is 1.11 bits per heavy atom. The number of H-pyrrole nitrogens is 1. The highest BCUT2D eigenvalue weighted by atomic mass is 16.4. The van der Waals surface area contributed by atoms with Crippen LogP contribution in [0.5, 0.6) is 0 Å². The highest BCUT2D eigenvalue weighted by molar-refractivity contribution is 5.94. The number of carboxylic acid groups (broad SMARTS) is 2. The minimum absolute atomic E-state index is 0.182. The lowest BCUT2D eigenvalue weighted by Crippen LogP contribution is -2.06. The molecule has 0 amide bonds. The smallest absolute Gasteiger partial charge is 0.356 e. The molecule has 92 valence electrons. The van der Waals surface area contributed by atoms with Crippen LogP contribution in [-0.4, -0.2) is 32.3 Å². The van der Waals surface area contributed by atoms with E-state index in [1.165, 1.54) is 0 Å². The molecular formula is C12H10N2O4. The predicted octanol–water partition coefficient (Wildman–Crippen LogP) is 1.40. The number of nitrogens with one attached hydrogen (secondary N) is 1. The van der Waals surface area contributed by atoms with Crippen molar-refractivity contribution in [3.63, 3.8) is 0 Å². The van der Waals surface area contributed by atoms with Gasteiger partial charge < -0.3 is 10.2 Å². The molecule has 3 N–H and O–H groups in total. The molecule has 2 aromatic rings. The molecular weight excluding hydrogens is 236 g/mol. The number of rotatable bonds is 4. The van der Waals surface area contributed by atoms with Crippen LogP contribution in [0.3, 0.4) is 0 Å². The summed E-state index contributed by atoms with van der Waals surface area (Å²) in [5.41, 5.74) is 0.567. The van der Waals surface area contributed by atoms with Crippen LogP contribution in [0.2, 0.25) is 0 Å². The molecule has 18 heavy (non-hydrogen) atoms. The van der Waals surface area contributed by atoms with Gasteiger partial charge in [0.25, 0.3) is 0 Å². The molecule has 0 saturated heterocycles. The van der Waals surface area contributed by atoms with Gasteiger partial charge in [0.15, 0.2) is 5.69 Å². The quantitative estimate of drug-likeness (QED) is 0.756. The molecule has 0 radical (unpaired) electrons. The van der Waals surface area contributed by atoms with Crippen molar-refractivity contribution in [2.24, 2.45) is 0 Å². The zero-order valence-corrected chi connectivity index (χ0v) is 9.25. The summed E-state index contributed by atoms with van der Waals surface area (Å²) in [5.74, 6) is -2.47. The van der Waals surface area contributed by atoms with Crippen molar-refractivity contribution in [1.29, 1.82) is 0 Å². The fourth-order valence-corrected chi connectivity index (χ4v) is 1.69. The Bertz CT molecular complexity index is 558. The molecule has 0 aliphatic heterocycles. The molecule has 0 spiro atoms. The van der Waals surface area contributed by atoms with Gasteiger partial charge in [-0.3, -0.25) is 5.10 Å². The molecule has 0 fully saturated rings. The maximum atomic E-state index is 11.0. The zero-order valence-electron chi connectivity index (χ0n) is 9.25. The van der Waals surface area contributed by atoms with Gasteiger partial charge in [0.1, 0.15) is 5.69 Å². The number of aromatic nitrogens is 2. The minimum Gasteiger partial charge on any atom is -0.477 e. The normalized spacial score (nSPS) is 10.2. The SMILES string of the molecule is O=C(O)c1n[nH]c(C(=O)O)c1Cc1ccccc1. The summed E-state index contributed by atoms with van der Waals surface area (Å²) in [6.45, 7) is 0. The lowest BCUT2D eigenvalue weighted by molar-refractivity contribution is 0.0683. The van der Waals surface area contributed by atoms with E-state index in [2.05, 4.69) is 10.2 Å². The van der Waals surface area contributed by atoms with E-state index < -0.39 is 11.9 Å². The van der Waals surface area contributed by atoms with Crippen molar-refractivity contribution in [3.05, 3.63) is 52.8 Å². The average Bonchev–Trinajstić information content (AvgIpc) is 2.74. The third-order valence-corrected chi connectivity index (χ3v) is 2.51. The Kier molecular flexibility index (Phi) is 3.09. The maximum Gasteiger partial charge on any atom is 0.356 e. The first kappa shape index (κ1) is 11.8. The summed E-state index contributed by atoms with van der Waals surface area (Å²) in [6.07, 6.45) is 0.209. The Hall–Kier alpha value is -2.63. The van der Waals surface area contributed by atoms with E-state index in [0.29, 0.717) is 0 Å². The number of aromatic carboxylic acids is 2. The van der Waals surface area contributed by atoms with Crippen LogP contribution in [0.1, 0.15) is 32.1 Å². The molecule has 6 heteroatoms. The molecule has 1 aromatic carbocycles. The van der Waals surface area contributed by atoms with Crippen molar-refractivity contribution in [1.82, 2.24) is 10.2 Å². The van der Waals surface area contributed by atoms with Crippen molar-refractivity contribution in [3.8, 4) is 0 Å². The van der Waals surface area contributed by atoms with Gasteiger partial charge in [-0.2, -0.15) is 5.10 Å². The summed E-state index contributed by atoms with van der Waals surface area (Å²) in [7, 11) is 0. The standard InChI is InChI=1S/C12H10N2O4/c15-11(16)9-8(10(12(17)18)14-13-9)6-7-4-2-1-3-5-7/h1-5H,6H2,(H,13,14)(H,15,16)(H,17,18). The number of aromatic amines is 1. The van der Waals surface area contributed by atoms with Gasteiger partial charge >= 0.3 is 11.9 Å². The predicted molar refractivity (Wildman–Crippen MR) is 61.8 cm³/mol. The fourth-order valence-electron chi connectivity index (χ4n) is 1.69. The van der Waals surface area contributed by atoms with Crippen molar-refractivity contribution in [2.75, 3.05) is 0 Å². The molecule has 0 unspecified atom stereocenters. The molecule has 0 saturated carbocycles. The van der Waals surface area contributed by atoms with E-state index in [0.717, 1.165) is 5.56 Å². The van der Waals surface area contributed by atoms with Crippen LogP contribution < -0.4 is 0 Å². The van der Waals surface area contributed by atoms with Crippen LogP contribution in [0.25, 0.3) is 0 Å². The molecule has 0 atom stereocenters. The van der Waals surface area contributed by atoms with E-state index in [-0.39, 0.29) is 23.4 Å². The second-order valence-electron chi connectivity index (χ2n) is 3.70.